The number of fused-ring (bicyclic) bond motifs is 1. The van der Waals surface area contributed by atoms with E-state index >= 15 is 0 Å². The molecule has 0 spiro atoms. The molecular formula is C16H15ClN2. The van der Waals surface area contributed by atoms with Gasteiger partial charge in [-0.25, -0.2) is 4.98 Å². The lowest BCUT2D eigenvalue weighted by Crippen LogP contribution is -2.03. The van der Waals surface area contributed by atoms with Crippen LogP contribution in [0.1, 0.15) is 23.7 Å². The Hall–Kier alpha value is -1.80. The topological polar surface area (TPSA) is 17.8 Å². The second kappa shape index (κ2) is 4.71. The van der Waals surface area contributed by atoms with Gasteiger partial charge in [0.15, 0.2) is 0 Å². The van der Waals surface area contributed by atoms with E-state index in [0.717, 1.165) is 22.5 Å². The van der Waals surface area contributed by atoms with Gasteiger partial charge in [0.2, 0.25) is 0 Å². The smallest absolute Gasteiger partial charge is 0.132 e. The minimum atomic E-state index is -0.132. The highest BCUT2D eigenvalue weighted by Gasteiger charge is 2.16. The third-order valence-corrected chi connectivity index (χ3v) is 3.49. The van der Waals surface area contributed by atoms with Gasteiger partial charge in [-0.05, 0) is 37.6 Å². The van der Waals surface area contributed by atoms with Gasteiger partial charge in [0.1, 0.15) is 5.82 Å². The number of nitrogens with zero attached hydrogens (tertiary/aromatic N) is 2. The molecule has 1 atom stereocenters. The van der Waals surface area contributed by atoms with Crippen LogP contribution in [0.5, 0.6) is 0 Å². The number of aromatic nitrogens is 2. The Morgan fingerprint density at radius 1 is 1.05 bits per heavy atom. The van der Waals surface area contributed by atoms with Gasteiger partial charge in [0.25, 0.3) is 0 Å². The molecule has 3 aromatic rings. The summed E-state index contributed by atoms with van der Waals surface area (Å²) in [6.07, 6.45) is 0. The second-order valence-corrected chi connectivity index (χ2v) is 5.35. The molecule has 2 aromatic carbocycles. The maximum atomic E-state index is 6.30. The van der Waals surface area contributed by atoms with Crippen LogP contribution in [0, 0.1) is 6.92 Å². The summed E-state index contributed by atoms with van der Waals surface area (Å²) in [6.45, 7) is 4.06. The third-order valence-electron chi connectivity index (χ3n) is 3.30. The van der Waals surface area contributed by atoms with Crippen LogP contribution in [0.2, 0.25) is 0 Å². The number of benzene rings is 2. The molecule has 0 radical (unpaired) electrons. The molecule has 3 rings (SSSR count). The number of alkyl halides is 1. The minimum Gasteiger partial charge on any atom is -0.295 e. The number of halogens is 1. The van der Waals surface area contributed by atoms with Crippen LogP contribution in [0.4, 0.5) is 0 Å². The van der Waals surface area contributed by atoms with Crippen molar-refractivity contribution in [1.82, 2.24) is 9.55 Å². The van der Waals surface area contributed by atoms with Crippen molar-refractivity contribution < 1.29 is 0 Å². The average molecular weight is 271 g/mol. The van der Waals surface area contributed by atoms with Crippen molar-refractivity contribution >= 4 is 22.6 Å². The van der Waals surface area contributed by atoms with E-state index in [0.29, 0.717) is 0 Å². The Morgan fingerprint density at radius 3 is 2.47 bits per heavy atom. The van der Waals surface area contributed by atoms with Gasteiger partial charge in [-0.15, -0.1) is 11.6 Å². The van der Waals surface area contributed by atoms with Crippen molar-refractivity contribution in [3.8, 4) is 5.69 Å². The van der Waals surface area contributed by atoms with Gasteiger partial charge in [-0.3, -0.25) is 4.57 Å². The fourth-order valence-electron chi connectivity index (χ4n) is 2.38. The summed E-state index contributed by atoms with van der Waals surface area (Å²) in [6, 6.07) is 16.4. The Balaban J connectivity index is 2.38. The molecule has 0 saturated heterocycles. The molecule has 1 unspecified atom stereocenters. The third kappa shape index (κ3) is 2.02. The molecular weight excluding hydrogens is 256 g/mol. The Labute approximate surface area is 117 Å². The van der Waals surface area contributed by atoms with E-state index in [4.69, 9.17) is 11.6 Å². The molecule has 0 amide bonds. The van der Waals surface area contributed by atoms with Crippen molar-refractivity contribution in [3.63, 3.8) is 0 Å². The first kappa shape index (κ1) is 12.2. The van der Waals surface area contributed by atoms with E-state index in [2.05, 4.69) is 34.7 Å². The van der Waals surface area contributed by atoms with Crippen molar-refractivity contribution in [3.05, 3.63) is 59.9 Å². The van der Waals surface area contributed by atoms with Crippen LogP contribution >= 0.6 is 11.6 Å². The van der Waals surface area contributed by atoms with E-state index in [1.165, 1.54) is 5.56 Å². The summed E-state index contributed by atoms with van der Waals surface area (Å²) in [4.78, 5) is 4.66. The van der Waals surface area contributed by atoms with Crippen LogP contribution in [0.15, 0.2) is 48.5 Å². The zero-order chi connectivity index (χ0) is 13.4. The molecule has 0 N–H and O–H groups in total. The predicted octanol–water partition coefficient (Wildman–Crippen LogP) is 4.63. The normalized spacial score (nSPS) is 12.8. The Bertz CT molecular complexity index is 728. The van der Waals surface area contributed by atoms with Crippen LogP contribution in [0.25, 0.3) is 16.7 Å². The van der Waals surface area contributed by atoms with Crippen molar-refractivity contribution in [2.45, 2.75) is 19.2 Å². The molecule has 0 fully saturated rings. The first-order valence-corrected chi connectivity index (χ1v) is 6.79. The van der Waals surface area contributed by atoms with Gasteiger partial charge in [0, 0.05) is 0 Å². The maximum absolute atomic E-state index is 6.30. The SMILES string of the molecule is Cc1ccccc1-n1c(C(C)Cl)nc2ccccc21. The largest absolute Gasteiger partial charge is 0.295 e. The standard InChI is InChI=1S/C16H15ClN2/c1-11-7-3-5-9-14(11)19-15-10-6-4-8-13(15)18-16(19)12(2)17/h3-10,12H,1-2H3. The molecule has 3 heteroatoms. The molecule has 0 bridgehead atoms. The molecule has 2 nitrogen and oxygen atoms in total. The first-order chi connectivity index (χ1) is 9.18. The van der Waals surface area contributed by atoms with Crippen LogP contribution in [0.3, 0.4) is 0 Å². The highest BCUT2D eigenvalue weighted by atomic mass is 35.5. The van der Waals surface area contributed by atoms with Crippen LogP contribution in [-0.2, 0) is 0 Å². The fraction of sp³-hybridized carbons (Fsp3) is 0.188. The van der Waals surface area contributed by atoms with Gasteiger partial charge in [-0.1, -0.05) is 30.3 Å². The average Bonchev–Trinajstić information content (AvgIpc) is 2.79. The number of hydrogen-bond acceptors (Lipinski definition) is 1. The predicted molar refractivity (Wildman–Crippen MR) is 80.1 cm³/mol. The number of imidazole rings is 1. The van der Waals surface area contributed by atoms with Crippen LogP contribution < -0.4 is 0 Å². The second-order valence-electron chi connectivity index (χ2n) is 4.70. The van der Waals surface area contributed by atoms with Crippen molar-refractivity contribution in [1.29, 1.82) is 0 Å². The van der Waals surface area contributed by atoms with Crippen molar-refractivity contribution in [2.75, 3.05) is 0 Å². The molecule has 0 aliphatic heterocycles. The van der Waals surface area contributed by atoms with Gasteiger partial charge in [0.05, 0.1) is 22.1 Å². The number of rotatable bonds is 2. The summed E-state index contributed by atoms with van der Waals surface area (Å²) >= 11 is 6.30. The van der Waals surface area contributed by atoms with E-state index < -0.39 is 0 Å². The lowest BCUT2D eigenvalue weighted by molar-refractivity contribution is 0.878. The first-order valence-electron chi connectivity index (χ1n) is 6.36. The van der Waals surface area contributed by atoms with E-state index in [9.17, 15) is 0 Å². The Kier molecular flexibility index (Phi) is 3.03. The van der Waals surface area contributed by atoms with E-state index in [1.807, 2.05) is 37.3 Å². The van der Waals surface area contributed by atoms with Gasteiger partial charge in [-0.2, -0.15) is 0 Å². The van der Waals surface area contributed by atoms with Crippen molar-refractivity contribution in [2.24, 2.45) is 0 Å². The monoisotopic (exact) mass is 270 g/mol. The molecule has 1 aromatic heterocycles. The molecule has 0 aliphatic carbocycles. The summed E-state index contributed by atoms with van der Waals surface area (Å²) < 4.78 is 2.16. The lowest BCUT2D eigenvalue weighted by Gasteiger charge is -2.13. The summed E-state index contributed by atoms with van der Waals surface area (Å²) in [5, 5.41) is -0.132. The number of para-hydroxylation sites is 3. The molecule has 0 saturated carbocycles. The molecule has 1 heterocycles. The summed E-state index contributed by atoms with van der Waals surface area (Å²) in [7, 11) is 0. The summed E-state index contributed by atoms with van der Waals surface area (Å²) in [5.74, 6) is 0.886. The minimum absolute atomic E-state index is 0.132. The van der Waals surface area contributed by atoms with Gasteiger partial charge < -0.3 is 0 Å². The zero-order valence-corrected chi connectivity index (χ0v) is 11.7. The highest BCUT2D eigenvalue weighted by Crippen LogP contribution is 2.29. The zero-order valence-electron chi connectivity index (χ0n) is 11.0. The quantitative estimate of drug-likeness (QED) is 0.621. The number of aryl methyl sites for hydroxylation is 1. The van der Waals surface area contributed by atoms with Crippen LogP contribution in [-0.4, -0.2) is 9.55 Å². The molecule has 0 aliphatic rings. The van der Waals surface area contributed by atoms with E-state index in [-0.39, 0.29) is 5.38 Å². The molecule has 19 heavy (non-hydrogen) atoms. The fourth-order valence-corrected chi connectivity index (χ4v) is 2.53. The summed E-state index contributed by atoms with van der Waals surface area (Å²) in [5.41, 5.74) is 4.43. The molecule has 96 valence electrons. The number of hydrogen-bond donors (Lipinski definition) is 0. The van der Waals surface area contributed by atoms with Gasteiger partial charge >= 0.3 is 0 Å². The maximum Gasteiger partial charge on any atom is 0.132 e. The lowest BCUT2D eigenvalue weighted by atomic mass is 10.2. The highest BCUT2D eigenvalue weighted by molar-refractivity contribution is 6.20. The Morgan fingerprint density at radius 2 is 1.74 bits per heavy atom. The van der Waals surface area contributed by atoms with E-state index in [1.54, 1.807) is 0 Å².